The fourth-order valence-corrected chi connectivity index (χ4v) is 4.79. The van der Waals surface area contributed by atoms with Crippen LogP contribution >= 0.6 is 0 Å². The molecule has 144 valence electrons. The summed E-state index contributed by atoms with van der Waals surface area (Å²) in [6.07, 6.45) is 1.34. The number of benzene rings is 2. The summed E-state index contributed by atoms with van der Waals surface area (Å²) in [5.41, 5.74) is 0.602. The van der Waals surface area contributed by atoms with Crippen LogP contribution in [0.1, 0.15) is 35.7 Å². The van der Waals surface area contributed by atoms with E-state index in [1.807, 2.05) is 13.0 Å². The molecule has 0 unspecified atom stereocenters. The third-order valence-electron chi connectivity index (χ3n) is 4.41. The van der Waals surface area contributed by atoms with Crippen LogP contribution < -0.4 is 0 Å². The number of carbonyl (C=O) groups excluding carboxylic acids is 1. The first-order valence-corrected chi connectivity index (χ1v) is 10.4. The van der Waals surface area contributed by atoms with E-state index in [-0.39, 0.29) is 29.5 Å². The molecule has 0 N–H and O–H groups in total. The molecule has 0 radical (unpaired) electrons. The monoisotopic (exact) mass is 396 g/mol. The van der Waals surface area contributed by atoms with Gasteiger partial charge in [-0.3, -0.25) is 9.10 Å². The maximum absolute atomic E-state index is 13.3. The van der Waals surface area contributed by atoms with Gasteiger partial charge in [-0.05, 0) is 18.6 Å². The summed E-state index contributed by atoms with van der Waals surface area (Å²) in [6.45, 7) is 1.80. The number of hydrogen-bond acceptors (Lipinski definition) is 5. The minimum atomic E-state index is -3.92. The van der Waals surface area contributed by atoms with Crippen LogP contribution in [-0.4, -0.2) is 31.7 Å². The van der Waals surface area contributed by atoms with Crippen LogP contribution in [0, 0.1) is 11.3 Å². The topological polar surface area (TPSA) is 87.5 Å². The van der Waals surface area contributed by atoms with Crippen molar-refractivity contribution in [1.29, 1.82) is 5.26 Å². The lowest BCUT2D eigenvalue weighted by Crippen LogP contribution is -2.39. The maximum Gasteiger partial charge on any atom is 0.265 e. The Kier molecular flexibility index (Phi) is 5.81. The van der Waals surface area contributed by atoms with Crippen LogP contribution in [0.4, 0.5) is 0 Å². The molecule has 0 aromatic heterocycles. The van der Waals surface area contributed by atoms with Crippen LogP contribution in [-0.2, 0) is 14.8 Å². The molecule has 28 heavy (non-hydrogen) atoms. The molecule has 0 saturated heterocycles. The van der Waals surface area contributed by atoms with E-state index in [0.717, 1.165) is 10.7 Å². The number of nitriles is 1. The molecule has 2 aromatic carbocycles. The van der Waals surface area contributed by atoms with Gasteiger partial charge in [-0.25, -0.2) is 8.42 Å². The molecule has 7 heteroatoms. The molecular formula is C21H20N2O4S. The van der Waals surface area contributed by atoms with Gasteiger partial charge in [-0.2, -0.15) is 5.26 Å². The molecule has 0 saturated carbocycles. The molecule has 2 aromatic rings. The van der Waals surface area contributed by atoms with Crippen LogP contribution in [0.2, 0.25) is 0 Å². The lowest BCUT2D eigenvalue weighted by Gasteiger charge is -2.33. The number of allylic oxidation sites excluding steroid dienone is 1. The van der Waals surface area contributed by atoms with Gasteiger partial charge >= 0.3 is 0 Å². The van der Waals surface area contributed by atoms with Crippen molar-refractivity contribution in [2.24, 2.45) is 0 Å². The molecular weight excluding hydrogens is 376 g/mol. The number of hydrogen-bond donors (Lipinski definition) is 0. The number of carbonyl (C=O) groups is 1. The summed E-state index contributed by atoms with van der Waals surface area (Å²) in [4.78, 5) is 13.4. The number of rotatable bonds is 7. The van der Waals surface area contributed by atoms with E-state index < -0.39 is 15.8 Å². The number of Topliss-reactive ketones (excluding diaryl/α,β-unsaturated/α-hetero) is 1. The predicted octanol–water partition coefficient (Wildman–Crippen LogP) is 3.58. The Morgan fingerprint density at radius 2 is 1.79 bits per heavy atom. The van der Waals surface area contributed by atoms with E-state index in [4.69, 9.17) is 10.00 Å². The number of unbranched alkanes of at least 4 members (excludes halogenated alkanes) is 1. The Balaban J connectivity index is 2.28. The van der Waals surface area contributed by atoms with Gasteiger partial charge in [-0.1, -0.05) is 55.8 Å². The van der Waals surface area contributed by atoms with E-state index in [0.29, 0.717) is 17.5 Å². The Morgan fingerprint density at radius 3 is 2.46 bits per heavy atom. The van der Waals surface area contributed by atoms with Crippen LogP contribution in [0.5, 0.6) is 0 Å². The van der Waals surface area contributed by atoms with Gasteiger partial charge in [-0.15, -0.1) is 0 Å². The first-order chi connectivity index (χ1) is 13.5. The minimum absolute atomic E-state index is 0.0476. The fourth-order valence-electron chi connectivity index (χ4n) is 3.09. The number of nitrogens with zero attached hydrogens (tertiary/aromatic N) is 2. The number of fused-ring (bicyclic) bond motifs is 1. The first kappa shape index (κ1) is 19.6. The lowest BCUT2D eigenvalue weighted by molar-refractivity contribution is 0.100. The molecule has 0 amide bonds. The Labute approximate surface area is 164 Å². The van der Waals surface area contributed by atoms with Crippen LogP contribution in [0.15, 0.2) is 65.2 Å². The highest BCUT2D eigenvalue weighted by Gasteiger charge is 2.40. The standard InChI is InChI=1S/C21H20N2O4S/c1-2-3-14-23-19(20(24)16-9-5-4-6-10-16)21(27-15-13-22)17-11-7-8-12-18(17)28(23,25)26/h4-12H,2-3,14-15H2,1H3. The molecule has 1 aliphatic rings. The van der Waals surface area contributed by atoms with Crippen molar-refractivity contribution in [3.63, 3.8) is 0 Å². The average molecular weight is 396 g/mol. The summed E-state index contributed by atoms with van der Waals surface area (Å²) in [5.74, 6) is -0.334. The number of ketones is 1. The summed E-state index contributed by atoms with van der Waals surface area (Å²) >= 11 is 0. The quantitative estimate of drug-likeness (QED) is 0.668. The SMILES string of the molecule is CCCCN1C(C(=O)c2ccccc2)=C(OCC#N)c2ccccc2S1(=O)=O. The summed E-state index contributed by atoms with van der Waals surface area (Å²) in [5, 5.41) is 8.98. The van der Waals surface area contributed by atoms with Crippen molar-refractivity contribution in [1.82, 2.24) is 4.31 Å². The zero-order valence-corrected chi connectivity index (χ0v) is 16.3. The molecule has 6 nitrogen and oxygen atoms in total. The number of ether oxygens (including phenoxy) is 1. The van der Waals surface area contributed by atoms with E-state index in [9.17, 15) is 13.2 Å². The summed E-state index contributed by atoms with van der Waals surface area (Å²) in [7, 11) is -3.92. The van der Waals surface area contributed by atoms with Crippen molar-refractivity contribution < 1.29 is 17.9 Å². The van der Waals surface area contributed by atoms with Gasteiger partial charge in [0.2, 0.25) is 5.78 Å². The van der Waals surface area contributed by atoms with Crippen molar-refractivity contribution in [2.75, 3.05) is 13.2 Å². The van der Waals surface area contributed by atoms with Gasteiger partial charge in [0.1, 0.15) is 11.8 Å². The highest BCUT2D eigenvalue weighted by atomic mass is 32.2. The van der Waals surface area contributed by atoms with Crippen molar-refractivity contribution in [3.8, 4) is 6.07 Å². The summed E-state index contributed by atoms with van der Waals surface area (Å²) in [6, 6.07) is 16.7. The minimum Gasteiger partial charge on any atom is -0.476 e. The normalized spacial score (nSPS) is 14.9. The maximum atomic E-state index is 13.3. The van der Waals surface area contributed by atoms with Crippen molar-refractivity contribution >= 4 is 21.6 Å². The number of sulfonamides is 1. The fraction of sp³-hybridized carbons (Fsp3) is 0.238. The zero-order chi connectivity index (χ0) is 20.1. The third-order valence-corrected chi connectivity index (χ3v) is 6.27. The highest BCUT2D eigenvalue weighted by Crippen LogP contribution is 2.38. The molecule has 0 aliphatic carbocycles. The van der Waals surface area contributed by atoms with Gasteiger partial charge in [0.15, 0.2) is 12.4 Å². The van der Waals surface area contributed by atoms with Gasteiger partial charge in [0, 0.05) is 17.7 Å². The van der Waals surface area contributed by atoms with E-state index in [2.05, 4.69) is 0 Å². The van der Waals surface area contributed by atoms with Crippen molar-refractivity contribution in [3.05, 3.63) is 71.4 Å². The molecule has 0 fully saturated rings. The molecule has 0 bridgehead atoms. The predicted molar refractivity (Wildman–Crippen MR) is 104 cm³/mol. The van der Waals surface area contributed by atoms with Crippen LogP contribution in [0.3, 0.4) is 0 Å². The van der Waals surface area contributed by atoms with Crippen molar-refractivity contribution in [2.45, 2.75) is 24.7 Å². The highest BCUT2D eigenvalue weighted by molar-refractivity contribution is 7.89. The average Bonchev–Trinajstić information content (AvgIpc) is 2.72. The first-order valence-electron chi connectivity index (χ1n) is 8.98. The second-order valence-corrected chi connectivity index (χ2v) is 8.08. The molecule has 0 atom stereocenters. The molecule has 1 aliphatic heterocycles. The van der Waals surface area contributed by atoms with Crippen LogP contribution in [0.25, 0.3) is 5.76 Å². The lowest BCUT2D eigenvalue weighted by atomic mass is 10.0. The van der Waals surface area contributed by atoms with E-state index in [1.165, 1.54) is 6.07 Å². The Morgan fingerprint density at radius 1 is 1.11 bits per heavy atom. The van der Waals surface area contributed by atoms with Gasteiger partial charge < -0.3 is 4.74 Å². The molecule has 0 spiro atoms. The third kappa shape index (κ3) is 3.51. The Bertz CT molecular complexity index is 1050. The van der Waals surface area contributed by atoms with E-state index in [1.54, 1.807) is 48.5 Å². The van der Waals surface area contributed by atoms with E-state index >= 15 is 0 Å². The molecule has 1 heterocycles. The summed E-state index contributed by atoms with van der Waals surface area (Å²) < 4.78 is 33.3. The largest absolute Gasteiger partial charge is 0.476 e. The smallest absolute Gasteiger partial charge is 0.265 e. The second-order valence-electron chi connectivity index (χ2n) is 6.25. The molecule has 3 rings (SSSR count). The van der Waals surface area contributed by atoms with Gasteiger partial charge in [0.25, 0.3) is 10.0 Å². The Hall–Kier alpha value is -3.11. The second kappa shape index (κ2) is 8.28. The van der Waals surface area contributed by atoms with Gasteiger partial charge in [0.05, 0.1) is 4.90 Å². The zero-order valence-electron chi connectivity index (χ0n) is 15.5.